The van der Waals surface area contributed by atoms with Crippen molar-refractivity contribution in [2.45, 2.75) is 25.4 Å². The predicted molar refractivity (Wildman–Crippen MR) is 105 cm³/mol. The van der Waals surface area contributed by atoms with Crippen molar-refractivity contribution in [3.05, 3.63) is 35.3 Å². The highest BCUT2D eigenvalue weighted by Crippen LogP contribution is 2.57. The first kappa shape index (κ1) is 21.1. The lowest BCUT2D eigenvalue weighted by molar-refractivity contribution is -0.138. The minimum atomic E-state index is -1.20. The fourth-order valence-corrected chi connectivity index (χ4v) is 5.99. The summed E-state index contributed by atoms with van der Waals surface area (Å²) in [4.78, 5) is 76.2. The molecule has 0 spiro atoms. The molecular formula is C21H20N4O8. The van der Waals surface area contributed by atoms with E-state index in [4.69, 9.17) is 15.9 Å². The number of nitrogens with two attached hydrogens (primary N) is 2. The third kappa shape index (κ3) is 2.73. The Morgan fingerprint density at radius 2 is 1.52 bits per heavy atom. The molecule has 5 rings (SSSR count). The predicted octanol–water partition coefficient (Wildman–Crippen LogP) is -0.435. The average Bonchev–Trinajstić information content (AvgIpc) is 3.41. The Kier molecular flexibility index (Phi) is 4.53. The molecule has 6 atom stereocenters. The zero-order valence-corrected chi connectivity index (χ0v) is 17.2. The minimum absolute atomic E-state index is 0.0156. The van der Waals surface area contributed by atoms with E-state index in [1.54, 1.807) is 12.1 Å². The molecule has 12 heteroatoms. The second-order valence-electron chi connectivity index (χ2n) is 8.69. The van der Waals surface area contributed by atoms with Crippen LogP contribution in [0, 0.1) is 29.6 Å². The summed E-state index contributed by atoms with van der Waals surface area (Å²) < 4.78 is 5.70. The summed E-state index contributed by atoms with van der Waals surface area (Å²) in [5.74, 6) is -7.70. The van der Waals surface area contributed by atoms with Crippen LogP contribution in [-0.4, -0.2) is 50.6 Å². The number of nitrogens with zero attached hydrogens (tertiary/aromatic N) is 2. The van der Waals surface area contributed by atoms with E-state index in [9.17, 15) is 33.9 Å². The number of amides is 8. The largest absolute Gasteiger partial charge is 0.463 e. The highest BCUT2D eigenvalue weighted by molar-refractivity contribution is 6.18. The summed E-state index contributed by atoms with van der Waals surface area (Å²) in [6.07, 6.45) is 1.88. The maximum absolute atomic E-state index is 13.1. The van der Waals surface area contributed by atoms with Gasteiger partial charge >= 0.3 is 12.1 Å². The van der Waals surface area contributed by atoms with Crippen LogP contribution in [-0.2, 0) is 25.8 Å². The number of hydrogen-bond donors (Lipinski definition) is 3. The van der Waals surface area contributed by atoms with Crippen molar-refractivity contribution in [2.75, 3.05) is 0 Å². The molecular weight excluding hydrogens is 436 g/mol. The van der Waals surface area contributed by atoms with Gasteiger partial charge in [-0.05, 0) is 30.9 Å². The van der Waals surface area contributed by atoms with E-state index in [-0.39, 0.29) is 24.4 Å². The molecule has 172 valence electrons. The third-order valence-corrected chi connectivity index (χ3v) is 7.23. The normalized spacial score (nSPS) is 33.1. The molecule has 6 unspecified atom stereocenters. The van der Waals surface area contributed by atoms with Crippen molar-refractivity contribution in [1.82, 2.24) is 9.80 Å². The molecule has 3 fully saturated rings. The zero-order chi connectivity index (χ0) is 23.8. The number of furan rings is 1. The highest BCUT2D eigenvalue weighted by atomic mass is 16.4. The van der Waals surface area contributed by atoms with Crippen LogP contribution in [0.15, 0.2) is 28.2 Å². The molecule has 5 N–H and O–H groups in total. The standard InChI is InChI=1S/C21H20N4O8/c22-20(31)24-16(27)9-3-2-8-10(13(9)18(24)29)5-11-15(19(30)25(17(11)28)21(23)32)14(8)12-4-1-7(6-26)33-12/h1-2,4,9-11,13-15,26H,3,5-6H2,(H2,22,31)(H2,23,32). The van der Waals surface area contributed by atoms with Gasteiger partial charge in [-0.15, -0.1) is 0 Å². The Bertz CT molecular complexity index is 1170. The van der Waals surface area contributed by atoms with E-state index >= 15 is 0 Å². The van der Waals surface area contributed by atoms with Crippen LogP contribution in [0.3, 0.4) is 0 Å². The summed E-state index contributed by atoms with van der Waals surface area (Å²) in [5, 5.41) is 9.42. The monoisotopic (exact) mass is 456 g/mol. The van der Waals surface area contributed by atoms with Gasteiger partial charge < -0.3 is 21.0 Å². The quantitative estimate of drug-likeness (QED) is 0.393. The number of rotatable bonds is 2. The number of allylic oxidation sites excluding steroid dienone is 2. The Hall–Kier alpha value is -3.80. The Morgan fingerprint density at radius 1 is 0.909 bits per heavy atom. The Balaban J connectivity index is 1.64. The van der Waals surface area contributed by atoms with E-state index < -0.39 is 77.8 Å². The van der Waals surface area contributed by atoms with Gasteiger partial charge in [-0.25, -0.2) is 9.59 Å². The summed E-state index contributed by atoms with van der Waals surface area (Å²) >= 11 is 0. The lowest BCUT2D eigenvalue weighted by Crippen LogP contribution is -2.44. The molecule has 1 aromatic heterocycles. The molecule has 2 saturated heterocycles. The molecule has 4 aliphatic rings. The first-order chi connectivity index (χ1) is 15.7. The molecule has 2 aliphatic carbocycles. The van der Waals surface area contributed by atoms with E-state index in [2.05, 4.69) is 0 Å². The highest BCUT2D eigenvalue weighted by Gasteiger charge is 2.63. The third-order valence-electron chi connectivity index (χ3n) is 7.23. The van der Waals surface area contributed by atoms with E-state index in [1.807, 2.05) is 0 Å². The minimum Gasteiger partial charge on any atom is -0.463 e. The molecule has 3 heterocycles. The van der Waals surface area contributed by atoms with Crippen LogP contribution in [0.4, 0.5) is 9.59 Å². The van der Waals surface area contributed by atoms with Gasteiger partial charge in [-0.1, -0.05) is 11.6 Å². The number of carbonyl (C=O) groups excluding carboxylic acids is 6. The molecule has 1 saturated carbocycles. The Labute approximate surface area is 186 Å². The van der Waals surface area contributed by atoms with E-state index in [0.717, 1.165) is 0 Å². The number of likely N-dealkylation sites (tertiary alicyclic amines) is 2. The summed E-state index contributed by atoms with van der Waals surface area (Å²) in [5.41, 5.74) is 11.1. The second kappa shape index (κ2) is 7.10. The molecule has 0 aromatic carbocycles. The van der Waals surface area contributed by atoms with Gasteiger partial charge in [-0.3, -0.25) is 19.2 Å². The number of hydrogen-bond acceptors (Lipinski definition) is 8. The van der Waals surface area contributed by atoms with Gasteiger partial charge in [0, 0.05) is 0 Å². The van der Waals surface area contributed by atoms with E-state index in [1.165, 1.54) is 6.07 Å². The summed E-state index contributed by atoms with van der Waals surface area (Å²) in [7, 11) is 0. The number of aliphatic hydroxyl groups excluding tert-OH is 1. The molecule has 1 aromatic rings. The summed E-state index contributed by atoms with van der Waals surface area (Å²) in [6.45, 7) is -0.394. The number of carbonyl (C=O) groups is 6. The first-order valence-corrected chi connectivity index (χ1v) is 10.4. The lowest BCUT2D eigenvalue weighted by atomic mass is 9.58. The molecule has 8 amide bonds. The van der Waals surface area contributed by atoms with Crippen molar-refractivity contribution >= 4 is 35.7 Å². The van der Waals surface area contributed by atoms with Crippen LogP contribution in [0.1, 0.15) is 30.3 Å². The fourth-order valence-electron chi connectivity index (χ4n) is 5.99. The van der Waals surface area contributed by atoms with Gasteiger partial charge in [0.15, 0.2) is 0 Å². The second-order valence-corrected chi connectivity index (χ2v) is 8.69. The number of imide groups is 6. The van der Waals surface area contributed by atoms with Crippen LogP contribution < -0.4 is 11.5 Å². The van der Waals surface area contributed by atoms with E-state index in [0.29, 0.717) is 15.4 Å². The zero-order valence-electron chi connectivity index (χ0n) is 17.2. The number of primary amides is 2. The van der Waals surface area contributed by atoms with Gasteiger partial charge in [0.05, 0.1) is 29.6 Å². The lowest BCUT2D eigenvalue weighted by Gasteiger charge is -2.42. The number of aliphatic hydroxyl groups is 1. The molecule has 12 nitrogen and oxygen atoms in total. The molecule has 33 heavy (non-hydrogen) atoms. The van der Waals surface area contributed by atoms with Gasteiger partial charge in [0.2, 0.25) is 23.6 Å². The summed E-state index contributed by atoms with van der Waals surface area (Å²) in [6, 6.07) is 0.712. The van der Waals surface area contributed by atoms with Crippen molar-refractivity contribution in [1.29, 1.82) is 0 Å². The van der Waals surface area contributed by atoms with Crippen molar-refractivity contribution < 1.29 is 38.3 Å². The molecule has 0 radical (unpaired) electrons. The van der Waals surface area contributed by atoms with Gasteiger partial charge in [-0.2, -0.15) is 9.80 Å². The van der Waals surface area contributed by atoms with Gasteiger partial charge in [0.1, 0.15) is 18.1 Å². The first-order valence-electron chi connectivity index (χ1n) is 10.4. The smallest absolute Gasteiger partial charge is 0.328 e. The van der Waals surface area contributed by atoms with Crippen LogP contribution in [0.25, 0.3) is 0 Å². The van der Waals surface area contributed by atoms with Crippen LogP contribution in [0.5, 0.6) is 0 Å². The SMILES string of the molecule is NC(=O)N1C(=O)C2CC=C3C(CC4C(=O)N(C(N)=O)C(=O)C4C3c3ccc(CO)o3)C2C1=O. The average molecular weight is 456 g/mol. The van der Waals surface area contributed by atoms with Gasteiger partial charge in [0.25, 0.3) is 0 Å². The number of fused-ring (bicyclic) bond motifs is 4. The molecule has 2 aliphatic heterocycles. The van der Waals surface area contributed by atoms with Crippen molar-refractivity contribution in [2.24, 2.45) is 41.1 Å². The molecule has 0 bridgehead atoms. The fraction of sp³-hybridized carbons (Fsp3) is 0.429. The van der Waals surface area contributed by atoms with Crippen LogP contribution >= 0.6 is 0 Å². The maximum atomic E-state index is 13.1. The number of urea groups is 2. The Morgan fingerprint density at radius 3 is 2.09 bits per heavy atom. The maximum Gasteiger partial charge on any atom is 0.328 e. The van der Waals surface area contributed by atoms with Crippen LogP contribution in [0.2, 0.25) is 0 Å². The topological polar surface area (TPSA) is 194 Å². The van der Waals surface area contributed by atoms with Crippen molar-refractivity contribution in [3.63, 3.8) is 0 Å². The van der Waals surface area contributed by atoms with Crippen molar-refractivity contribution in [3.8, 4) is 0 Å².